The molecule has 2 aliphatic heterocycles. The van der Waals surface area contributed by atoms with Crippen molar-refractivity contribution >= 4 is 27.4 Å². The Balaban J connectivity index is 1.44. The maximum Gasteiger partial charge on any atom is 0.417 e. The SMILES string of the molecule is O=C1CCCN1c1ccc(S(=O)(=O)N2CCCN(c3ccc(C(F)(F)F)cn3)CC2)cc1. The maximum absolute atomic E-state index is 13.1. The average Bonchev–Trinajstić information content (AvgIpc) is 3.04. The minimum Gasteiger partial charge on any atom is -0.355 e. The summed E-state index contributed by atoms with van der Waals surface area (Å²) >= 11 is 0. The van der Waals surface area contributed by atoms with Crippen molar-refractivity contribution in [2.45, 2.75) is 30.3 Å². The number of pyridine rings is 1. The minimum atomic E-state index is -4.45. The van der Waals surface area contributed by atoms with Crippen LogP contribution in [0.25, 0.3) is 0 Å². The summed E-state index contributed by atoms with van der Waals surface area (Å²) < 4.78 is 65.9. The third-order valence-electron chi connectivity index (χ3n) is 5.71. The van der Waals surface area contributed by atoms with Crippen molar-refractivity contribution in [3.8, 4) is 0 Å². The van der Waals surface area contributed by atoms with Crippen molar-refractivity contribution in [3.05, 3.63) is 48.2 Å². The molecule has 1 amide bonds. The lowest BCUT2D eigenvalue weighted by molar-refractivity contribution is -0.137. The first kappa shape index (κ1) is 22.5. The van der Waals surface area contributed by atoms with Gasteiger partial charge in [0.15, 0.2) is 0 Å². The smallest absolute Gasteiger partial charge is 0.355 e. The minimum absolute atomic E-state index is 0.0325. The van der Waals surface area contributed by atoms with Crippen molar-refractivity contribution in [1.29, 1.82) is 0 Å². The highest BCUT2D eigenvalue weighted by atomic mass is 32.2. The van der Waals surface area contributed by atoms with Crippen LogP contribution in [0.15, 0.2) is 47.5 Å². The molecule has 172 valence electrons. The average molecular weight is 469 g/mol. The third kappa shape index (κ3) is 4.58. The predicted octanol–water partition coefficient (Wildman–Crippen LogP) is 3.13. The van der Waals surface area contributed by atoms with E-state index in [0.29, 0.717) is 50.5 Å². The van der Waals surface area contributed by atoms with E-state index in [0.717, 1.165) is 18.7 Å². The van der Waals surface area contributed by atoms with E-state index in [1.807, 2.05) is 0 Å². The fourth-order valence-corrected chi connectivity index (χ4v) is 5.44. The zero-order valence-corrected chi connectivity index (χ0v) is 18.1. The van der Waals surface area contributed by atoms with Crippen molar-refractivity contribution in [2.24, 2.45) is 0 Å². The van der Waals surface area contributed by atoms with Crippen molar-refractivity contribution < 1.29 is 26.4 Å². The molecule has 0 bridgehead atoms. The summed E-state index contributed by atoms with van der Waals surface area (Å²) in [5.74, 6) is 0.418. The molecule has 0 spiro atoms. The largest absolute Gasteiger partial charge is 0.417 e. The first-order valence-corrected chi connectivity index (χ1v) is 11.8. The molecule has 0 saturated carbocycles. The number of amides is 1. The number of anilines is 2. The van der Waals surface area contributed by atoms with Gasteiger partial charge in [-0.25, -0.2) is 13.4 Å². The number of aromatic nitrogens is 1. The van der Waals surface area contributed by atoms with Crippen LogP contribution in [0.4, 0.5) is 24.7 Å². The Bertz CT molecular complexity index is 1070. The number of carbonyl (C=O) groups excluding carboxylic acids is 1. The third-order valence-corrected chi connectivity index (χ3v) is 7.63. The van der Waals surface area contributed by atoms with Crippen molar-refractivity contribution in [2.75, 3.05) is 42.5 Å². The molecule has 0 aliphatic carbocycles. The van der Waals surface area contributed by atoms with Gasteiger partial charge in [-0.2, -0.15) is 17.5 Å². The van der Waals surface area contributed by atoms with Crippen LogP contribution in [0, 0.1) is 0 Å². The van der Waals surface area contributed by atoms with E-state index in [1.165, 1.54) is 22.5 Å². The number of hydrogen-bond acceptors (Lipinski definition) is 5. The number of hydrogen-bond donors (Lipinski definition) is 0. The normalized spacial score (nSPS) is 18.8. The van der Waals surface area contributed by atoms with E-state index in [-0.39, 0.29) is 17.3 Å². The van der Waals surface area contributed by atoms with Gasteiger partial charge in [-0.1, -0.05) is 0 Å². The maximum atomic E-state index is 13.1. The molecule has 2 aliphatic rings. The fourth-order valence-electron chi connectivity index (χ4n) is 3.97. The summed E-state index contributed by atoms with van der Waals surface area (Å²) in [4.78, 5) is 19.4. The molecule has 1 aromatic carbocycles. The molecular formula is C21H23F3N4O3S. The topological polar surface area (TPSA) is 73.8 Å². The van der Waals surface area contributed by atoms with E-state index in [4.69, 9.17) is 0 Å². The van der Waals surface area contributed by atoms with E-state index in [9.17, 15) is 26.4 Å². The van der Waals surface area contributed by atoms with Gasteiger partial charge in [0.1, 0.15) is 5.82 Å². The fraction of sp³-hybridized carbons (Fsp3) is 0.429. The molecule has 7 nitrogen and oxygen atoms in total. The Morgan fingerprint density at radius 2 is 1.62 bits per heavy atom. The molecule has 2 aromatic rings. The van der Waals surface area contributed by atoms with Gasteiger partial charge in [0, 0.05) is 51.0 Å². The first-order chi connectivity index (χ1) is 15.2. The Kier molecular flexibility index (Phi) is 6.13. The lowest BCUT2D eigenvalue weighted by atomic mass is 10.2. The lowest BCUT2D eigenvalue weighted by Gasteiger charge is -2.23. The van der Waals surface area contributed by atoms with Crippen molar-refractivity contribution in [3.63, 3.8) is 0 Å². The molecule has 2 saturated heterocycles. The Labute approximate surface area is 184 Å². The highest BCUT2D eigenvalue weighted by molar-refractivity contribution is 7.89. The van der Waals surface area contributed by atoms with Gasteiger partial charge in [0.05, 0.1) is 10.5 Å². The Hall–Kier alpha value is -2.66. The Morgan fingerprint density at radius 3 is 2.22 bits per heavy atom. The van der Waals surface area contributed by atoms with Crippen LogP contribution in [0.3, 0.4) is 0 Å². The van der Waals surface area contributed by atoms with E-state index in [2.05, 4.69) is 4.98 Å². The van der Waals surface area contributed by atoms with Gasteiger partial charge >= 0.3 is 6.18 Å². The van der Waals surface area contributed by atoms with Gasteiger partial charge in [-0.05, 0) is 49.2 Å². The van der Waals surface area contributed by atoms with Gasteiger partial charge < -0.3 is 9.80 Å². The van der Waals surface area contributed by atoms with Crippen LogP contribution in [-0.2, 0) is 21.0 Å². The van der Waals surface area contributed by atoms with Crippen LogP contribution < -0.4 is 9.80 Å². The van der Waals surface area contributed by atoms with Gasteiger partial charge in [-0.15, -0.1) is 0 Å². The molecule has 1 aromatic heterocycles. The Morgan fingerprint density at radius 1 is 0.875 bits per heavy atom. The van der Waals surface area contributed by atoms with E-state index >= 15 is 0 Å². The van der Waals surface area contributed by atoms with Crippen LogP contribution in [0.2, 0.25) is 0 Å². The van der Waals surface area contributed by atoms with Crippen LogP contribution in [0.1, 0.15) is 24.8 Å². The second kappa shape index (κ2) is 8.70. The molecule has 3 heterocycles. The zero-order valence-electron chi connectivity index (χ0n) is 17.3. The molecule has 4 rings (SSSR count). The van der Waals surface area contributed by atoms with Crippen molar-refractivity contribution in [1.82, 2.24) is 9.29 Å². The molecule has 0 N–H and O–H groups in total. The second-order valence-electron chi connectivity index (χ2n) is 7.79. The number of rotatable bonds is 4. The van der Waals surface area contributed by atoms with Gasteiger partial charge in [-0.3, -0.25) is 4.79 Å². The summed E-state index contributed by atoms with van der Waals surface area (Å²) in [6.07, 6.45) is -1.86. The summed E-state index contributed by atoms with van der Waals surface area (Å²) in [6.45, 7) is 1.92. The van der Waals surface area contributed by atoms with Crippen LogP contribution in [-0.4, -0.2) is 56.3 Å². The summed E-state index contributed by atoms with van der Waals surface area (Å²) in [7, 11) is -3.74. The summed E-state index contributed by atoms with van der Waals surface area (Å²) in [5.41, 5.74) is -0.138. The molecule has 11 heteroatoms. The van der Waals surface area contributed by atoms with E-state index < -0.39 is 21.8 Å². The zero-order chi connectivity index (χ0) is 22.9. The van der Waals surface area contributed by atoms with Gasteiger partial charge in [0.25, 0.3) is 0 Å². The number of carbonyl (C=O) groups is 1. The van der Waals surface area contributed by atoms with E-state index in [1.54, 1.807) is 21.9 Å². The summed E-state index contributed by atoms with van der Waals surface area (Å²) in [5, 5.41) is 0. The first-order valence-electron chi connectivity index (χ1n) is 10.3. The quantitative estimate of drug-likeness (QED) is 0.690. The van der Waals surface area contributed by atoms with Gasteiger partial charge in [0.2, 0.25) is 15.9 Å². The highest BCUT2D eigenvalue weighted by Crippen LogP contribution is 2.30. The second-order valence-corrected chi connectivity index (χ2v) is 9.73. The lowest BCUT2D eigenvalue weighted by Crippen LogP contribution is -2.35. The molecule has 2 fully saturated rings. The number of nitrogens with zero attached hydrogens (tertiary/aromatic N) is 4. The predicted molar refractivity (Wildman–Crippen MR) is 113 cm³/mol. The standard InChI is InChI=1S/C21H23F3N4O3S/c22-21(23,24)16-4-9-19(25-15-16)26-10-2-11-27(14-13-26)32(30,31)18-7-5-17(6-8-18)28-12-1-3-20(28)29/h4-9,15H,1-3,10-14H2. The summed E-state index contributed by atoms with van der Waals surface area (Å²) in [6, 6.07) is 8.60. The number of benzene rings is 1. The molecular weight excluding hydrogens is 445 g/mol. The van der Waals surface area contributed by atoms with Crippen LogP contribution >= 0.6 is 0 Å². The number of sulfonamides is 1. The molecule has 32 heavy (non-hydrogen) atoms. The number of alkyl halides is 3. The monoisotopic (exact) mass is 468 g/mol. The van der Waals surface area contributed by atoms with Crippen LogP contribution in [0.5, 0.6) is 0 Å². The highest BCUT2D eigenvalue weighted by Gasteiger charge is 2.32. The molecule has 0 unspecified atom stereocenters. The number of halogens is 3. The molecule has 0 radical (unpaired) electrons. The molecule has 0 atom stereocenters.